The summed E-state index contributed by atoms with van der Waals surface area (Å²) in [4.78, 5) is 15.7. The Morgan fingerprint density at radius 3 is 2.76 bits per heavy atom. The maximum atomic E-state index is 11.1. The summed E-state index contributed by atoms with van der Waals surface area (Å²) in [5.41, 5.74) is 9.60. The van der Waals surface area contributed by atoms with Gasteiger partial charge in [-0.15, -0.1) is 0 Å². The Morgan fingerprint density at radius 1 is 1.53 bits per heavy atom. The third kappa shape index (κ3) is 3.48. The number of benzene rings is 1. The second kappa shape index (κ2) is 5.89. The lowest BCUT2D eigenvalue weighted by molar-refractivity contribution is 0.0695. The SMILES string of the molecule is CN(C)CCc1c(N=[N+]=[N-])cccc1C(=O)O. The average molecular weight is 234 g/mol. The smallest absolute Gasteiger partial charge is 0.335 e. The molecule has 0 aliphatic carbocycles. The minimum atomic E-state index is -1.01. The number of azide groups is 1. The van der Waals surface area contributed by atoms with Crippen molar-refractivity contribution in [3.63, 3.8) is 0 Å². The van der Waals surface area contributed by atoms with E-state index in [1.807, 2.05) is 19.0 Å². The Bertz CT molecular complexity index is 444. The van der Waals surface area contributed by atoms with Crippen molar-refractivity contribution in [3.8, 4) is 0 Å². The van der Waals surface area contributed by atoms with E-state index in [4.69, 9.17) is 10.6 Å². The van der Waals surface area contributed by atoms with Crippen LogP contribution in [0.3, 0.4) is 0 Å². The zero-order valence-electron chi connectivity index (χ0n) is 9.79. The molecule has 6 nitrogen and oxygen atoms in total. The van der Waals surface area contributed by atoms with Crippen LogP contribution in [0, 0.1) is 0 Å². The van der Waals surface area contributed by atoms with Crippen molar-refractivity contribution in [1.29, 1.82) is 0 Å². The van der Waals surface area contributed by atoms with Gasteiger partial charge in [0.15, 0.2) is 0 Å². The number of likely N-dealkylation sites (N-methyl/N-ethyl adjacent to an activating group) is 1. The minimum Gasteiger partial charge on any atom is -0.478 e. The lowest BCUT2D eigenvalue weighted by Gasteiger charge is -2.13. The van der Waals surface area contributed by atoms with Crippen LogP contribution in [-0.2, 0) is 6.42 Å². The molecule has 0 spiro atoms. The molecule has 0 bridgehead atoms. The molecule has 17 heavy (non-hydrogen) atoms. The molecule has 0 atom stereocenters. The van der Waals surface area contributed by atoms with Crippen LogP contribution >= 0.6 is 0 Å². The number of carbonyl (C=O) groups is 1. The number of rotatable bonds is 5. The Morgan fingerprint density at radius 2 is 2.24 bits per heavy atom. The molecule has 0 saturated carbocycles. The van der Waals surface area contributed by atoms with Crippen molar-refractivity contribution in [2.75, 3.05) is 20.6 Å². The lowest BCUT2D eigenvalue weighted by atomic mass is 10.0. The molecule has 0 radical (unpaired) electrons. The summed E-state index contributed by atoms with van der Waals surface area (Å²) >= 11 is 0. The first-order valence-corrected chi connectivity index (χ1v) is 5.11. The van der Waals surface area contributed by atoms with E-state index in [0.717, 1.165) is 0 Å². The standard InChI is InChI=1S/C11H14N4O2/c1-15(2)7-6-8-9(11(16)17)4-3-5-10(8)13-14-12/h3-5H,6-7H2,1-2H3,(H,16,17). The molecule has 1 rings (SSSR count). The molecule has 0 heterocycles. The van der Waals surface area contributed by atoms with E-state index in [9.17, 15) is 4.79 Å². The third-order valence-corrected chi connectivity index (χ3v) is 2.34. The first-order chi connectivity index (χ1) is 8.06. The van der Waals surface area contributed by atoms with E-state index >= 15 is 0 Å². The summed E-state index contributed by atoms with van der Waals surface area (Å²) in [5, 5.41) is 12.6. The maximum Gasteiger partial charge on any atom is 0.335 e. The highest BCUT2D eigenvalue weighted by Gasteiger charge is 2.13. The zero-order chi connectivity index (χ0) is 12.8. The fraction of sp³-hybridized carbons (Fsp3) is 0.364. The van der Waals surface area contributed by atoms with Crippen LogP contribution in [0.4, 0.5) is 5.69 Å². The van der Waals surface area contributed by atoms with Crippen LogP contribution < -0.4 is 0 Å². The fourth-order valence-corrected chi connectivity index (χ4v) is 1.52. The van der Waals surface area contributed by atoms with E-state index in [1.54, 1.807) is 12.1 Å². The molecular formula is C11H14N4O2. The molecule has 0 amide bonds. The highest BCUT2D eigenvalue weighted by Crippen LogP contribution is 2.24. The van der Waals surface area contributed by atoms with Gasteiger partial charge in [0.05, 0.1) is 5.56 Å². The molecule has 6 heteroatoms. The molecule has 1 N–H and O–H groups in total. The summed E-state index contributed by atoms with van der Waals surface area (Å²) in [5.74, 6) is -1.01. The van der Waals surface area contributed by atoms with Crippen LogP contribution in [0.2, 0.25) is 0 Å². The van der Waals surface area contributed by atoms with E-state index < -0.39 is 5.97 Å². The van der Waals surface area contributed by atoms with Gasteiger partial charge in [0.1, 0.15) is 0 Å². The first-order valence-electron chi connectivity index (χ1n) is 5.11. The fourth-order valence-electron chi connectivity index (χ4n) is 1.52. The number of aromatic carboxylic acids is 1. The van der Waals surface area contributed by atoms with Crippen molar-refractivity contribution in [1.82, 2.24) is 4.90 Å². The predicted octanol–water partition coefficient (Wildman–Crippen LogP) is 2.43. The summed E-state index contributed by atoms with van der Waals surface area (Å²) in [6.45, 7) is 0.693. The second-order valence-electron chi connectivity index (χ2n) is 3.85. The Balaban J connectivity index is 3.18. The molecule has 0 saturated heterocycles. The number of hydrogen-bond acceptors (Lipinski definition) is 3. The Kier molecular flexibility index (Phi) is 4.51. The molecule has 1 aromatic carbocycles. The van der Waals surface area contributed by atoms with Crippen LogP contribution in [0.1, 0.15) is 15.9 Å². The number of carboxylic acids is 1. The number of carboxylic acid groups (broad SMARTS) is 1. The molecule has 1 aromatic rings. The second-order valence-corrected chi connectivity index (χ2v) is 3.85. The largest absolute Gasteiger partial charge is 0.478 e. The normalized spacial score (nSPS) is 10.1. The zero-order valence-corrected chi connectivity index (χ0v) is 9.79. The summed E-state index contributed by atoms with van der Waals surface area (Å²) in [6, 6.07) is 4.72. The summed E-state index contributed by atoms with van der Waals surface area (Å²) in [6.07, 6.45) is 0.532. The van der Waals surface area contributed by atoms with E-state index in [-0.39, 0.29) is 5.56 Å². The van der Waals surface area contributed by atoms with Gasteiger partial charge < -0.3 is 10.0 Å². The van der Waals surface area contributed by atoms with Crippen LogP contribution in [0.15, 0.2) is 23.3 Å². The van der Waals surface area contributed by atoms with Gasteiger partial charge in [0.25, 0.3) is 0 Å². The first kappa shape index (κ1) is 13.0. The van der Waals surface area contributed by atoms with Crippen molar-refractivity contribution in [2.24, 2.45) is 5.11 Å². The van der Waals surface area contributed by atoms with Gasteiger partial charge in [-0.2, -0.15) is 0 Å². The van der Waals surface area contributed by atoms with Crippen LogP contribution in [-0.4, -0.2) is 36.6 Å². The van der Waals surface area contributed by atoms with Gasteiger partial charge in [-0.1, -0.05) is 17.2 Å². The molecule has 0 fully saturated rings. The van der Waals surface area contributed by atoms with Crippen molar-refractivity contribution >= 4 is 11.7 Å². The van der Waals surface area contributed by atoms with Crippen LogP contribution in [0.5, 0.6) is 0 Å². The lowest BCUT2D eigenvalue weighted by Crippen LogP contribution is -2.16. The van der Waals surface area contributed by atoms with E-state index in [0.29, 0.717) is 24.2 Å². The topological polar surface area (TPSA) is 89.3 Å². The van der Waals surface area contributed by atoms with Gasteiger partial charge in [0, 0.05) is 17.1 Å². The molecule has 0 aliphatic rings. The van der Waals surface area contributed by atoms with Gasteiger partial charge in [-0.25, -0.2) is 4.79 Å². The molecular weight excluding hydrogens is 220 g/mol. The monoisotopic (exact) mass is 234 g/mol. The van der Waals surface area contributed by atoms with Gasteiger partial charge in [-0.3, -0.25) is 0 Å². The van der Waals surface area contributed by atoms with Crippen molar-refractivity contribution in [3.05, 3.63) is 39.8 Å². The molecule has 0 aliphatic heterocycles. The predicted molar refractivity (Wildman–Crippen MR) is 64.5 cm³/mol. The Labute approximate surface area is 99.1 Å². The van der Waals surface area contributed by atoms with Gasteiger partial charge >= 0.3 is 5.97 Å². The number of nitrogens with zero attached hydrogens (tertiary/aromatic N) is 4. The number of hydrogen-bond donors (Lipinski definition) is 1. The van der Waals surface area contributed by atoms with Crippen molar-refractivity contribution in [2.45, 2.75) is 6.42 Å². The summed E-state index contributed by atoms with van der Waals surface area (Å²) in [7, 11) is 3.80. The minimum absolute atomic E-state index is 0.191. The van der Waals surface area contributed by atoms with Gasteiger partial charge in [0.2, 0.25) is 0 Å². The molecule has 0 unspecified atom stereocenters. The highest BCUT2D eigenvalue weighted by atomic mass is 16.4. The van der Waals surface area contributed by atoms with Crippen molar-refractivity contribution < 1.29 is 9.90 Å². The molecule has 90 valence electrons. The summed E-state index contributed by atoms with van der Waals surface area (Å²) < 4.78 is 0. The molecule has 0 aromatic heterocycles. The van der Waals surface area contributed by atoms with Gasteiger partial charge in [-0.05, 0) is 37.7 Å². The maximum absolute atomic E-state index is 11.1. The van der Waals surface area contributed by atoms with E-state index in [1.165, 1.54) is 6.07 Å². The quantitative estimate of drug-likeness (QED) is 0.482. The van der Waals surface area contributed by atoms with Crippen LogP contribution in [0.25, 0.3) is 10.4 Å². The third-order valence-electron chi connectivity index (χ3n) is 2.34. The van der Waals surface area contributed by atoms with E-state index in [2.05, 4.69) is 10.0 Å². The average Bonchev–Trinajstić information content (AvgIpc) is 2.27. The highest BCUT2D eigenvalue weighted by molar-refractivity contribution is 5.91. The Hall–Kier alpha value is -2.04.